The maximum absolute atomic E-state index is 14.2. The number of carbonyl (C=O) groups is 10. The van der Waals surface area contributed by atoms with E-state index < -0.39 is 83.2 Å². The highest BCUT2D eigenvalue weighted by Gasteiger charge is 2.39. The van der Waals surface area contributed by atoms with Gasteiger partial charge in [-0.3, -0.25) is 38.4 Å². The van der Waals surface area contributed by atoms with Crippen LogP contribution in [0.4, 0.5) is 32.3 Å². The Kier molecular flexibility index (Phi) is 52.3. The van der Waals surface area contributed by atoms with Crippen molar-refractivity contribution in [3.05, 3.63) is 95.1 Å². The zero-order valence-electron chi connectivity index (χ0n) is 74.1. The van der Waals surface area contributed by atoms with Gasteiger partial charge in [0.05, 0.1) is 22.3 Å². The number of phenols is 2. The first kappa shape index (κ1) is 103. The molecule has 122 heavy (non-hydrogen) atoms. The number of hydrogen-bond donors (Lipinski definition) is 14. The Labute approximate surface area is 725 Å². The summed E-state index contributed by atoms with van der Waals surface area (Å²) in [5, 5.41) is 51.5. The minimum Gasteiger partial charge on any atom is -0.507 e. The average molecular weight is 1700 g/mol. The van der Waals surface area contributed by atoms with Gasteiger partial charge < -0.3 is 93.8 Å². The molecule has 0 saturated carbocycles. The largest absolute Gasteiger partial charge is 0.513 e. The van der Waals surface area contributed by atoms with E-state index in [1.165, 1.54) is 166 Å². The van der Waals surface area contributed by atoms with Crippen LogP contribution in [0.5, 0.6) is 23.0 Å². The van der Waals surface area contributed by atoms with Crippen LogP contribution in [-0.2, 0) is 38.2 Å². The highest BCUT2D eigenvalue weighted by atomic mass is 16.7. The summed E-state index contributed by atoms with van der Waals surface area (Å²) >= 11 is 0. The van der Waals surface area contributed by atoms with E-state index in [4.69, 9.17) is 30.4 Å². The van der Waals surface area contributed by atoms with E-state index in [0.717, 1.165) is 63.5 Å². The Morgan fingerprint density at radius 2 is 0.664 bits per heavy atom. The zero-order valence-corrected chi connectivity index (χ0v) is 74.1. The smallest absolute Gasteiger partial charge is 0.507 e. The van der Waals surface area contributed by atoms with E-state index in [-0.39, 0.29) is 108 Å². The van der Waals surface area contributed by atoms with E-state index in [1.807, 2.05) is 27.7 Å². The molecular formula is C94H148N12O16. The molecule has 4 aromatic rings. The molecule has 0 aliphatic heterocycles. The SMILES string of the molecule is CCCCCCCCCCCCCCCCCC(=O)N[C@H](C(=O)N[C@@H](CCCCN)C(=O)Nc1ccc(OC(=O)OCCNCCNc2ccc(NCCNCCOC(=O)Oc3ccc(NC(=O)[C@H](CCCCN)NC(=O)[C@@H](NC(=O)CCCCCCCCCCCCCCCCC)C(C)C)cc3)c3c2C(=O)c2c(O)ccc(O)c2C3=O)cc1)C(C)C. The fraction of sp³-hybridized carbons (Fsp3) is 0.638. The van der Waals surface area contributed by atoms with Crippen LogP contribution in [0.3, 0.4) is 0 Å². The Morgan fingerprint density at radius 3 is 0.967 bits per heavy atom. The van der Waals surface area contributed by atoms with Gasteiger partial charge >= 0.3 is 12.3 Å². The minimum atomic E-state index is -0.982. The number of anilines is 4. The second-order valence-electron chi connectivity index (χ2n) is 32.9. The van der Waals surface area contributed by atoms with Crippen LogP contribution in [0.2, 0.25) is 0 Å². The summed E-state index contributed by atoms with van der Waals surface area (Å²) in [6.07, 6.45) is 38.5. The number of hydrogen-bond acceptors (Lipinski definition) is 22. The lowest BCUT2D eigenvalue weighted by atomic mass is 9.81. The van der Waals surface area contributed by atoms with E-state index in [0.29, 0.717) is 88.9 Å². The summed E-state index contributed by atoms with van der Waals surface area (Å²) in [5.41, 5.74) is 12.1. The molecule has 0 saturated heterocycles. The third-order valence-corrected chi connectivity index (χ3v) is 21.9. The number of nitrogens with two attached hydrogens (primary N) is 2. The molecule has 16 N–H and O–H groups in total. The second kappa shape index (κ2) is 61.8. The van der Waals surface area contributed by atoms with Crippen molar-refractivity contribution >= 4 is 82.1 Å². The Hall–Kier alpha value is -9.38. The normalized spacial score (nSPS) is 12.6. The summed E-state index contributed by atoms with van der Waals surface area (Å²) in [5.74, 6) is -4.78. The summed E-state index contributed by atoms with van der Waals surface area (Å²) in [6, 6.07) is 14.1. The second-order valence-corrected chi connectivity index (χ2v) is 32.9. The molecule has 4 atom stereocenters. The highest BCUT2D eigenvalue weighted by molar-refractivity contribution is 6.33. The molecule has 0 bridgehead atoms. The molecule has 680 valence electrons. The number of aromatic hydroxyl groups is 2. The summed E-state index contributed by atoms with van der Waals surface area (Å²) in [4.78, 5) is 135. The average Bonchev–Trinajstić information content (AvgIpc) is 0.730. The number of ketones is 2. The van der Waals surface area contributed by atoms with E-state index in [1.54, 1.807) is 36.4 Å². The molecule has 0 heterocycles. The monoisotopic (exact) mass is 1700 g/mol. The predicted molar refractivity (Wildman–Crippen MR) is 482 cm³/mol. The highest BCUT2D eigenvalue weighted by Crippen LogP contribution is 2.42. The van der Waals surface area contributed by atoms with Crippen molar-refractivity contribution in [2.24, 2.45) is 23.3 Å². The molecule has 1 aliphatic rings. The fourth-order valence-corrected chi connectivity index (χ4v) is 14.7. The van der Waals surface area contributed by atoms with Crippen molar-refractivity contribution < 1.29 is 77.1 Å². The molecule has 0 radical (unpaired) electrons. The van der Waals surface area contributed by atoms with Crippen molar-refractivity contribution in [1.29, 1.82) is 0 Å². The van der Waals surface area contributed by atoms with Crippen LogP contribution in [0.1, 0.15) is 317 Å². The fourth-order valence-electron chi connectivity index (χ4n) is 14.7. The minimum absolute atomic E-state index is 0.0268. The lowest BCUT2D eigenvalue weighted by Gasteiger charge is -2.25. The van der Waals surface area contributed by atoms with Gasteiger partial charge in [0.1, 0.15) is 60.4 Å². The van der Waals surface area contributed by atoms with Crippen molar-refractivity contribution in [2.45, 2.75) is 310 Å². The Morgan fingerprint density at radius 1 is 0.352 bits per heavy atom. The molecule has 0 fully saturated rings. The topological polar surface area (TPSA) is 420 Å². The van der Waals surface area contributed by atoms with Gasteiger partial charge in [0, 0.05) is 74.9 Å². The number of benzene rings is 4. The molecule has 0 spiro atoms. The quantitative estimate of drug-likeness (QED) is 0.00744. The van der Waals surface area contributed by atoms with Crippen molar-refractivity contribution in [3.8, 4) is 23.0 Å². The molecule has 0 aromatic heterocycles. The van der Waals surface area contributed by atoms with Crippen molar-refractivity contribution in [1.82, 2.24) is 31.9 Å². The molecule has 28 heteroatoms. The molecule has 6 amide bonds. The van der Waals surface area contributed by atoms with Gasteiger partial charge in [-0.15, -0.1) is 0 Å². The summed E-state index contributed by atoms with van der Waals surface area (Å²) in [6.45, 7) is 14.0. The van der Waals surface area contributed by atoms with Gasteiger partial charge in [0.25, 0.3) is 0 Å². The maximum Gasteiger partial charge on any atom is 0.513 e. The Bertz CT molecular complexity index is 3510. The van der Waals surface area contributed by atoms with E-state index in [9.17, 15) is 58.2 Å². The van der Waals surface area contributed by atoms with Gasteiger partial charge in [0.15, 0.2) is 0 Å². The molecular weight excluding hydrogens is 1550 g/mol. The number of amides is 6. The third-order valence-electron chi connectivity index (χ3n) is 21.9. The van der Waals surface area contributed by atoms with Crippen LogP contribution in [0.25, 0.3) is 0 Å². The van der Waals surface area contributed by atoms with Crippen LogP contribution >= 0.6 is 0 Å². The number of rotatable bonds is 68. The number of nitrogens with one attached hydrogen (secondary N) is 10. The number of ether oxygens (including phenoxy) is 4. The van der Waals surface area contributed by atoms with Crippen LogP contribution in [-0.4, -0.2) is 159 Å². The van der Waals surface area contributed by atoms with Gasteiger partial charge in [-0.05, 0) is 149 Å². The standard InChI is InChI=1S/C94H148N12O16/c1-7-9-11-13-15-17-19-21-23-25-27-29-31-33-35-43-79(109)105-85(67(3)4)91(115)103-75(41-37-39-57-95)89(113)101-69-45-49-71(50-46-69)121-93(117)119-65-63-97-59-61-99-73-53-54-74(82-81(73)87(111)83-77(107)55-56-78(108)84(83)88(82)112)100-62-60-98-64-66-120-94(118)122-72-51-47-70(48-52-72)102-90(114)76(42-38-40-58-96)104-92(116)86(68(5)6)106-80(110)44-36-34-32-30-28-26-24-22-20-18-16-14-12-10-8-2/h45-56,67-68,75-76,85-86,97-100,107-108H,7-44,57-66,95-96H2,1-6H3,(H,101,113)(H,102,114)(H,103,115)(H,104,116)(H,105,109)(H,106,110)/t75-,76-,85-,86-/m0/s1. The van der Waals surface area contributed by atoms with E-state index >= 15 is 0 Å². The van der Waals surface area contributed by atoms with Crippen LogP contribution < -0.4 is 74.1 Å². The van der Waals surface area contributed by atoms with Gasteiger partial charge in [-0.25, -0.2) is 9.59 Å². The van der Waals surface area contributed by atoms with Gasteiger partial charge in [-0.1, -0.05) is 221 Å². The molecule has 0 unspecified atom stereocenters. The first-order valence-electron chi connectivity index (χ1n) is 45.9. The number of carbonyl (C=O) groups excluding carboxylic acids is 10. The maximum atomic E-state index is 14.2. The van der Waals surface area contributed by atoms with Crippen LogP contribution in [0, 0.1) is 11.8 Å². The lowest BCUT2D eigenvalue weighted by Crippen LogP contribution is -2.54. The molecule has 4 aromatic carbocycles. The first-order valence-corrected chi connectivity index (χ1v) is 45.9. The van der Waals surface area contributed by atoms with Gasteiger partial charge in [-0.2, -0.15) is 0 Å². The van der Waals surface area contributed by atoms with Crippen molar-refractivity contribution in [3.63, 3.8) is 0 Å². The molecule has 5 rings (SSSR count). The first-order chi connectivity index (χ1) is 59.1. The lowest BCUT2D eigenvalue weighted by molar-refractivity contribution is -0.132. The van der Waals surface area contributed by atoms with E-state index in [2.05, 4.69) is 67.0 Å². The van der Waals surface area contributed by atoms with Gasteiger partial charge in [0.2, 0.25) is 47.0 Å². The van der Waals surface area contributed by atoms with Crippen LogP contribution in [0.15, 0.2) is 72.8 Å². The summed E-state index contributed by atoms with van der Waals surface area (Å²) < 4.78 is 21.3. The Balaban J connectivity index is 0.996. The number of phenolic OH excluding ortho intramolecular Hbond substituents is 2. The summed E-state index contributed by atoms with van der Waals surface area (Å²) in [7, 11) is 0. The third kappa shape index (κ3) is 40.7. The number of unbranched alkanes of at least 4 members (excludes halogenated alkanes) is 30. The molecule has 1 aliphatic carbocycles. The van der Waals surface area contributed by atoms with Crippen molar-refractivity contribution in [2.75, 3.05) is 86.8 Å². The number of fused-ring (bicyclic) bond motifs is 2. The molecule has 28 nitrogen and oxygen atoms in total. The predicted octanol–water partition coefficient (Wildman–Crippen LogP) is 16.2. The zero-order chi connectivity index (χ0) is 88.5.